The molecule has 150 valence electrons. The predicted octanol–water partition coefficient (Wildman–Crippen LogP) is 2.74. The number of aromatic nitrogens is 1. The van der Waals surface area contributed by atoms with E-state index in [2.05, 4.69) is 27.2 Å². The van der Waals surface area contributed by atoms with Crippen LogP contribution in [-0.4, -0.2) is 32.5 Å². The standard InChI is InChI=1S/C20H24N4O2S.ClH/c1-15(14-22-11-9-16-5-3-2-4-6-16)24-27(25,26)18-7-8-19-17(13-18)10-12-23-20(19)21;/h2-8,10,12-13,15,22,24H,9,11,14H2,1H3,(H2,21,23);1H. The summed E-state index contributed by atoms with van der Waals surface area (Å²) in [6, 6.07) is 16.6. The number of fused-ring (bicyclic) bond motifs is 1. The maximum Gasteiger partial charge on any atom is 0.240 e. The van der Waals surface area contributed by atoms with Crippen molar-refractivity contribution in [2.45, 2.75) is 24.3 Å². The van der Waals surface area contributed by atoms with Crippen LogP contribution in [0.2, 0.25) is 0 Å². The number of hydrogen-bond acceptors (Lipinski definition) is 5. The normalized spacial score (nSPS) is 12.5. The van der Waals surface area contributed by atoms with Crippen molar-refractivity contribution in [2.24, 2.45) is 0 Å². The number of nitrogens with two attached hydrogens (primary N) is 1. The molecule has 1 atom stereocenters. The molecule has 0 spiro atoms. The Hall–Kier alpha value is -2.19. The van der Waals surface area contributed by atoms with Gasteiger partial charge in [-0.25, -0.2) is 18.1 Å². The van der Waals surface area contributed by atoms with Crippen LogP contribution in [0.4, 0.5) is 5.82 Å². The first-order valence-corrected chi connectivity index (χ1v) is 10.4. The third-order valence-electron chi connectivity index (χ3n) is 4.32. The molecule has 4 N–H and O–H groups in total. The first-order chi connectivity index (χ1) is 13.0. The van der Waals surface area contributed by atoms with Crippen molar-refractivity contribution in [3.8, 4) is 0 Å². The molecule has 2 aromatic carbocycles. The van der Waals surface area contributed by atoms with Crippen molar-refractivity contribution in [1.82, 2.24) is 15.0 Å². The second-order valence-corrected chi connectivity index (χ2v) is 8.26. The molecule has 0 aliphatic heterocycles. The van der Waals surface area contributed by atoms with Gasteiger partial charge in [-0.1, -0.05) is 30.3 Å². The largest absolute Gasteiger partial charge is 0.383 e. The zero-order valence-corrected chi connectivity index (χ0v) is 17.3. The summed E-state index contributed by atoms with van der Waals surface area (Å²) in [6.45, 7) is 3.19. The topological polar surface area (TPSA) is 97.1 Å². The van der Waals surface area contributed by atoms with Crippen molar-refractivity contribution in [2.75, 3.05) is 18.8 Å². The van der Waals surface area contributed by atoms with E-state index in [4.69, 9.17) is 5.73 Å². The van der Waals surface area contributed by atoms with Crippen LogP contribution in [0.3, 0.4) is 0 Å². The molecule has 0 amide bonds. The summed E-state index contributed by atoms with van der Waals surface area (Å²) < 4.78 is 28.0. The van der Waals surface area contributed by atoms with E-state index < -0.39 is 10.0 Å². The van der Waals surface area contributed by atoms with E-state index in [1.807, 2.05) is 25.1 Å². The van der Waals surface area contributed by atoms with Gasteiger partial charge in [-0.05, 0) is 55.1 Å². The second kappa shape index (κ2) is 9.84. The molecule has 0 fully saturated rings. The van der Waals surface area contributed by atoms with Crippen LogP contribution in [0.1, 0.15) is 12.5 Å². The van der Waals surface area contributed by atoms with Crippen LogP contribution in [0.25, 0.3) is 10.8 Å². The molecular formula is C20H25ClN4O2S. The van der Waals surface area contributed by atoms with Crippen molar-refractivity contribution in [1.29, 1.82) is 0 Å². The van der Waals surface area contributed by atoms with Crippen LogP contribution in [0, 0.1) is 0 Å². The van der Waals surface area contributed by atoms with Crippen molar-refractivity contribution in [3.63, 3.8) is 0 Å². The quantitative estimate of drug-likeness (QED) is 0.487. The number of halogens is 1. The van der Waals surface area contributed by atoms with E-state index in [-0.39, 0.29) is 23.3 Å². The minimum atomic E-state index is -3.60. The average molecular weight is 421 g/mol. The molecule has 0 saturated heterocycles. The molecule has 8 heteroatoms. The lowest BCUT2D eigenvalue weighted by Crippen LogP contribution is -2.40. The van der Waals surface area contributed by atoms with Gasteiger partial charge in [-0.15, -0.1) is 12.4 Å². The van der Waals surface area contributed by atoms with Gasteiger partial charge in [0.1, 0.15) is 5.82 Å². The Morgan fingerprint density at radius 1 is 1.11 bits per heavy atom. The second-order valence-electron chi connectivity index (χ2n) is 6.54. The minimum absolute atomic E-state index is 0. The Kier molecular flexibility index (Phi) is 7.77. The van der Waals surface area contributed by atoms with Crippen LogP contribution in [0.15, 0.2) is 65.7 Å². The molecule has 1 unspecified atom stereocenters. The predicted molar refractivity (Wildman–Crippen MR) is 116 cm³/mol. The summed E-state index contributed by atoms with van der Waals surface area (Å²) in [6.07, 6.45) is 2.47. The van der Waals surface area contributed by atoms with Gasteiger partial charge in [0.15, 0.2) is 0 Å². The van der Waals surface area contributed by atoms with Gasteiger partial charge in [0.2, 0.25) is 10.0 Å². The third kappa shape index (κ3) is 5.65. The van der Waals surface area contributed by atoms with E-state index >= 15 is 0 Å². The number of nitrogens with zero attached hydrogens (tertiary/aromatic N) is 1. The maximum atomic E-state index is 12.6. The molecular weight excluding hydrogens is 396 g/mol. The molecule has 1 aromatic heterocycles. The van der Waals surface area contributed by atoms with Crippen LogP contribution in [0.5, 0.6) is 0 Å². The lowest BCUT2D eigenvalue weighted by Gasteiger charge is -2.15. The van der Waals surface area contributed by atoms with Crippen molar-refractivity contribution >= 4 is 39.0 Å². The highest BCUT2D eigenvalue weighted by Gasteiger charge is 2.18. The summed E-state index contributed by atoms with van der Waals surface area (Å²) in [5.41, 5.74) is 7.07. The maximum absolute atomic E-state index is 12.6. The summed E-state index contributed by atoms with van der Waals surface area (Å²) in [7, 11) is -3.60. The summed E-state index contributed by atoms with van der Waals surface area (Å²) >= 11 is 0. The minimum Gasteiger partial charge on any atom is -0.383 e. The number of nitrogen functional groups attached to an aromatic ring is 1. The van der Waals surface area contributed by atoms with E-state index in [1.165, 1.54) is 5.56 Å². The number of pyridine rings is 1. The van der Waals surface area contributed by atoms with Crippen LogP contribution < -0.4 is 15.8 Å². The molecule has 0 bridgehead atoms. The fourth-order valence-corrected chi connectivity index (χ4v) is 4.20. The number of hydrogen-bond donors (Lipinski definition) is 3. The number of nitrogens with one attached hydrogen (secondary N) is 2. The number of sulfonamides is 1. The summed E-state index contributed by atoms with van der Waals surface area (Å²) in [5.74, 6) is 0.389. The number of rotatable bonds is 8. The highest BCUT2D eigenvalue weighted by Crippen LogP contribution is 2.22. The first kappa shape index (κ1) is 22.1. The Bertz CT molecular complexity index is 1010. The summed E-state index contributed by atoms with van der Waals surface area (Å²) in [5, 5.41) is 4.78. The number of benzene rings is 2. The zero-order chi connectivity index (χ0) is 19.3. The van der Waals surface area contributed by atoms with Gasteiger partial charge >= 0.3 is 0 Å². The smallest absolute Gasteiger partial charge is 0.240 e. The lowest BCUT2D eigenvalue weighted by molar-refractivity contribution is 0.537. The van der Waals surface area contributed by atoms with Gasteiger partial charge in [0, 0.05) is 24.2 Å². The van der Waals surface area contributed by atoms with Gasteiger partial charge in [0.05, 0.1) is 4.90 Å². The molecule has 3 aromatic rings. The van der Waals surface area contributed by atoms with Gasteiger partial charge in [0.25, 0.3) is 0 Å². The van der Waals surface area contributed by atoms with Crippen LogP contribution in [-0.2, 0) is 16.4 Å². The molecule has 28 heavy (non-hydrogen) atoms. The average Bonchev–Trinajstić information content (AvgIpc) is 2.66. The fourth-order valence-electron chi connectivity index (χ4n) is 2.92. The molecule has 3 rings (SSSR count). The monoisotopic (exact) mass is 420 g/mol. The summed E-state index contributed by atoms with van der Waals surface area (Å²) in [4.78, 5) is 4.23. The first-order valence-electron chi connectivity index (χ1n) is 8.87. The Morgan fingerprint density at radius 3 is 2.61 bits per heavy atom. The van der Waals surface area contributed by atoms with E-state index in [9.17, 15) is 8.42 Å². The SMILES string of the molecule is CC(CNCCc1ccccc1)NS(=O)(=O)c1ccc2c(N)nccc2c1.Cl. The Balaban J connectivity index is 0.00000280. The van der Waals surface area contributed by atoms with E-state index in [0.717, 1.165) is 23.7 Å². The van der Waals surface area contributed by atoms with E-state index in [0.29, 0.717) is 12.4 Å². The van der Waals surface area contributed by atoms with E-state index in [1.54, 1.807) is 30.5 Å². The molecule has 0 radical (unpaired) electrons. The zero-order valence-electron chi connectivity index (χ0n) is 15.6. The van der Waals surface area contributed by atoms with Gasteiger partial charge in [-0.3, -0.25) is 0 Å². The highest BCUT2D eigenvalue weighted by molar-refractivity contribution is 7.89. The lowest BCUT2D eigenvalue weighted by atomic mass is 10.1. The van der Waals surface area contributed by atoms with Crippen molar-refractivity contribution in [3.05, 3.63) is 66.4 Å². The molecule has 0 aliphatic carbocycles. The number of anilines is 1. The van der Waals surface area contributed by atoms with Gasteiger partial charge < -0.3 is 11.1 Å². The Labute approximate surface area is 172 Å². The highest BCUT2D eigenvalue weighted by atomic mass is 35.5. The van der Waals surface area contributed by atoms with Crippen LogP contribution >= 0.6 is 12.4 Å². The third-order valence-corrected chi connectivity index (χ3v) is 5.90. The fraction of sp³-hybridized carbons (Fsp3) is 0.250. The molecule has 1 heterocycles. The Morgan fingerprint density at radius 2 is 1.86 bits per heavy atom. The molecule has 0 aliphatic rings. The molecule has 6 nitrogen and oxygen atoms in total. The van der Waals surface area contributed by atoms with Gasteiger partial charge in [-0.2, -0.15) is 0 Å². The molecule has 0 saturated carbocycles. The van der Waals surface area contributed by atoms with Crippen molar-refractivity contribution < 1.29 is 8.42 Å².